The molecule has 0 spiro atoms. The Balaban J connectivity index is 0. The van der Waals surface area contributed by atoms with Crippen LogP contribution in [0.1, 0.15) is 7.43 Å². The molecule has 4 nitrogen and oxygen atoms in total. The van der Waals surface area contributed by atoms with Crippen molar-refractivity contribution in [3.8, 4) is 47.7 Å². The molecule has 0 saturated carbocycles. The summed E-state index contributed by atoms with van der Waals surface area (Å²) in [6.07, 6.45) is 9.76. The van der Waals surface area contributed by atoms with E-state index < -0.39 is 0 Å². The topological polar surface area (TPSA) is 47.9 Å². The van der Waals surface area contributed by atoms with E-state index in [-0.39, 0.29) is 13.2 Å². The van der Waals surface area contributed by atoms with Crippen LogP contribution in [0.15, 0.2) is 48.5 Å². The quantitative estimate of drug-likeness (QED) is 0.572. The molecule has 5 heteroatoms. The Bertz CT molecular complexity index is 652. The number of hydrogen-bond acceptors (Lipinski definition) is 4. The first-order valence-corrected chi connectivity index (χ1v) is 8.26. The fraction of sp³-hybridized carbons (Fsp3) is 0.238. The van der Waals surface area contributed by atoms with E-state index >= 15 is 0 Å². The molecule has 0 aromatic heterocycles. The van der Waals surface area contributed by atoms with Gasteiger partial charge in [0.25, 0.3) is 0 Å². The molecule has 0 unspecified atom stereocenters. The summed E-state index contributed by atoms with van der Waals surface area (Å²) in [6, 6.07) is 13.9. The molecule has 26 heavy (non-hydrogen) atoms. The third-order valence-electron chi connectivity index (χ3n) is 2.53. The maximum Gasteiger partial charge on any atom is 0.148 e. The van der Waals surface area contributed by atoms with Gasteiger partial charge in [-0.15, -0.1) is 12.8 Å². The van der Waals surface area contributed by atoms with Gasteiger partial charge in [-0.2, -0.15) is 0 Å². The Morgan fingerprint density at radius 1 is 0.846 bits per heavy atom. The van der Waals surface area contributed by atoms with Crippen molar-refractivity contribution in [3.63, 3.8) is 0 Å². The van der Waals surface area contributed by atoms with Crippen molar-refractivity contribution in [2.24, 2.45) is 0 Å². The average Bonchev–Trinajstić information content (AvgIpc) is 2.68. The molecule has 0 atom stereocenters. The number of halogens is 1. The van der Waals surface area contributed by atoms with Crippen LogP contribution in [0, 0.1) is 24.7 Å². The van der Waals surface area contributed by atoms with Gasteiger partial charge in [-0.1, -0.05) is 35.2 Å². The van der Waals surface area contributed by atoms with Crippen LogP contribution >= 0.6 is 15.9 Å². The van der Waals surface area contributed by atoms with Gasteiger partial charge >= 0.3 is 0 Å². The van der Waals surface area contributed by atoms with Gasteiger partial charge in [0.05, 0.1) is 19.5 Å². The average molecular weight is 421 g/mol. The largest absolute Gasteiger partial charge is 0.508 e. The second kappa shape index (κ2) is 17.1. The van der Waals surface area contributed by atoms with Gasteiger partial charge in [0, 0.05) is 0 Å². The highest BCUT2D eigenvalue weighted by Gasteiger charge is 1.92. The van der Waals surface area contributed by atoms with Crippen molar-refractivity contribution in [2.45, 2.75) is 7.43 Å². The summed E-state index contributed by atoms with van der Waals surface area (Å²) < 4.78 is 15.0. The van der Waals surface area contributed by atoms with Crippen LogP contribution in [0.25, 0.3) is 0 Å². The molecule has 2 aromatic rings. The number of phenolic OH excluding ortho intramolecular Hbond substituents is 1. The van der Waals surface area contributed by atoms with Gasteiger partial charge in [-0.3, -0.25) is 0 Å². The predicted octanol–water partition coefficient (Wildman–Crippen LogP) is 4.76. The summed E-state index contributed by atoms with van der Waals surface area (Å²) >= 11 is 3.01. The number of aromatic hydroxyl groups is 1. The minimum absolute atomic E-state index is 0. The molecule has 0 amide bonds. The lowest BCUT2D eigenvalue weighted by Gasteiger charge is -2.02. The van der Waals surface area contributed by atoms with Crippen molar-refractivity contribution in [1.82, 2.24) is 0 Å². The molecule has 2 aromatic carbocycles. The highest BCUT2D eigenvalue weighted by Crippen LogP contribution is 2.16. The van der Waals surface area contributed by atoms with Crippen molar-refractivity contribution in [3.05, 3.63) is 48.5 Å². The molecule has 0 fully saturated rings. The lowest BCUT2D eigenvalue weighted by atomic mass is 10.3. The minimum Gasteiger partial charge on any atom is -0.508 e. The number of hydrogen-bond donors (Lipinski definition) is 1. The van der Waals surface area contributed by atoms with Gasteiger partial charge in [0.15, 0.2) is 0 Å². The smallest absolute Gasteiger partial charge is 0.148 e. The number of ether oxygens (including phenoxy) is 3. The second-order valence-corrected chi connectivity index (χ2v) is 4.76. The van der Waals surface area contributed by atoms with Gasteiger partial charge in [0.2, 0.25) is 0 Å². The lowest BCUT2D eigenvalue weighted by Crippen LogP contribution is -1.92. The van der Waals surface area contributed by atoms with Crippen LogP contribution in [0.2, 0.25) is 0 Å². The van der Waals surface area contributed by atoms with Crippen molar-refractivity contribution < 1.29 is 19.3 Å². The number of phenols is 1. The summed E-state index contributed by atoms with van der Waals surface area (Å²) in [5.74, 6) is 7.32. The maximum atomic E-state index is 8.80. The van der Waals surface area contributed by atoms with Crippen molar-refractivity contribution >= 4 is 15.9 Å². The molecule has 2 rings (SSSR count). The number of methoxy groups -OCH3 is 2. The maximum absolute atomic E-state index is 8.80. The van der Waals surface area contributed by atoms with E-state index in [0.29, 0.717) is 11.9 Å². The van der Waals surface area contributed by atoms with E-state index in [1.54, 1.807) is 38.5 Å². The zero-order valence-electron chi connectivity index (χ0n) is 14.2. The Labute approximate surface area is 165 Å². The van der Waals surface area contributed by atoms with Crippen LogP contribution in [-0.2, 0) is 0 Å². The first-order valence-electron chi connectivity index (χ1n) is 7.14. The number of rotatable bonds is 4. The van der Waals surface area contributed by atoms with E-state index in [9.17, 15) is 0 Å². The Kier molecular flexibility index (Phi) is 16.7. The molecular weight excluding hydrogens is 396 g/mol. The predicted molar refractivity (Wildman–Crippen MR) is 111 cm³/mol. The molecule has 140 valence electrons. The molecule has 1 N–H and O–H groups in total. The summed E-state index contributed by atoms with van der Waals surface area (Å²) in [6.45, 7) is 0.298. The monoisotopic (exact) mass is 420 g/mol. The molecule has 0 aliphatic heterocycles. The number of terminal acetylenes is 2. The van der Waals surface area contributed by atoms with E-state index in [1.165, 1.54) is 0 Å². The zero-order valence-corrected chi connectivity index (χ0v) is 15.8. The molecule has 0 saturated heterocycles. The van der Waals surface area contributed by atoms with Gasteiger partial charge < -0.3 is 19.3 Å². The zero-order chi connectivity index (χ0) is 18.9. The Morgan fingerprint density at radius 2 is 1.23 bits per heavy atom. The third kappa shape index (κ3) is 12.6. The van der Waals surface area contributed by atoms with Gasteiger partial charge in [0.1, 0.15) is 29.6 Å². The molecule has 0 radical (unpaired) electrons. The molecule has 0 aliphatic rings. The second-order valence-electron chi connectivity index (χ2n) is 4.20. The molecule has 0 aliphatic carbocycles. The Morgan fingerprint density at radius 3 is 1.58 bits per heavy atom. The molecule has 0 bridgehead atoms. The summed E-state index contributed by atoms with van der Waals surface area (Å²) in [5, 5.41) is 9.46. The minimum atomic E-state index is 0. The highest BCUT2D eigenvalue weighted by molar-refractivity contribution is 9.09. The summed E-state index contributed by atoms with van der Waals surface area (Å²) in [7, 11) is 3.21. The van der Waals surface area contributed by atoms with Crippen molar-refractivity contribution in [1.29, 1.82) is 0 Å². The first-order chi connectivity index (χ1) is 12.1. The molecule has 0 heterocycles. The normalized spacial score (nSPS) is 7.88. The standard InChI is InChI=1S/C10H10O2.C7H8O2.C3H3Br.CH4/c1-3-8-12-10-6-4-9(11-2)5-7-10;1-9-7-4-2-6(8)3-5-7;1-2-3-4;/h1,4-7H,8H2,2H3;2-5,8H,1H3;1H,3H2;1H4. The van der Waals surface area contributed by atoms with E-state index in [2.05, 4.69) is 27.8 Å². The van der Waals surface area contributed by atoms with E-state index in [1.807, 2.05) is 24.3 Å². The van der Waals surface area contributed by atoms with Gasteiger partial charge in [-0.25, -0.2) is 0 Å². The van der Waals surface area contributed by atoms with Crippen molar-refractivity contribution in [2.75, 3.05) is 26.2 Å². The van der Waals surface area contributed by atoms with E-state index in [0.717, 1.165) is 17.2 Å². The highest BCUT2D eigenvalue weighted by atomic mass is 79.9. The number of alkyl halides is 1. The van der Waals surface area contributed by atoms with Crippen LogP contribution in [0.4, 0.5) is 0 Å². The third-order valence-corrected chi connectivity index (χ3v) is 2.85. The fourth-order valence-electron chi connectivity index (χ4n) is 1.38. The lowest BCUT2D eigenvalue weighted by molar-refractivity contribution is 0.368. The van der Waals surface area contributed by atoms with Crippen LogP contribution in [0.3, 0.4) is 0 Å². The van der Waals surface area contributed by atoms with Gasteiger partial charge in [-0.05, 0) is 48.5 Å². The fourth-order valence-corrected chi connectivity index (χ4v) is 1.38. The summed E-state index contributed by atoms with van der Waals surface area (Å²) in [5.41, 5.74) is 0. The Hall–Kier alpha value is -2.76. The van der Waals surface area contributed by atoms with Crippen LogP contribution < -0.4 is 14.2 Å². The SMILES string of the molecule is C.C#CCBr.C#CCOc1ccc(OC)cc1.COc1ccc(O)cc1. The number of benzene rings is 2. The molecular formula is C21H25BrO4. The van der Waals surface area contributed by atoms with Crippen LogP contribution in [0.5, 0.6) is 23.0 Å². The first kappa shape index (κ1) is 25.5. The summed E-state index contributed by atoms with van der Waals surface area (Å²) in [4.78, 5) is 0. The van der Waals surface area contributed by atoms with E-state index in [4.69, 9.17) is 32.2 Å². The van der Waals surface area contributed by atoms with Crippen LogP contribution in [-0.4, -0.2) is 31.3 Å².